The largest absolute Gasteiger partial charge is 0.283 e. The van der Waals surface area contributed by atoms with Crippen molar-refractivity contribution in [1.29, 1.82) is 0 Å². The first-order chi connectivity index (χ1) is 6.83. The van der Waals surface area contributed by atoms with Crippen molar-refractivity contribution in [3.8, 4) is 0 Å². The van der Waals surface area contributed by atoms with E-state index in [4.69, 9.17) is 0 Å². The minimum atomic E-state index is 1.13. The fourth-order valence-corrected chi connectivity index (χ4v) is 1.34. The molecule has 0 fully saturated rings. The van der Waals surface area contributed by atoms with Gasteiger partial charge in [-0.15, -0.1) is 0 Å². The van der Waals surface area contributed by atoms with Crippen molar-refractivity contribution in [3.63, 3.8) is 0 Å². The fourth-order valence-electron chi connectivity index (χ4n) is 1.34. The van der Waals surface area contributed by atoms with Crippen LogP contribution in [0.1, 0.15) is 57.8 Å². The van der Waals surface area contributed by atoms with Crippen molar-refractivity contribution in [3.05, 3.63) is 17.5 Å². The molecule has 82 valence electrons. The first-order valence-corrected chi connectivity index (χ1v) is 5.84. The molecule has 0 saturated carbocycles. The molecule has 0 atom stereocenters. The highest BCUT2D eigenvalue weighted by molar-refractivity contribution is 5.06. The van der Waals surface area contributed by atoms with Gasteiger partial charge in [0.25, 0.3) is 0 Å². The third-order valence-corrected chi connectivity index (χ3v) is 2.05. The molecule has 0 aliphatic rings. The van der Waals surface area contributed by atoms with Crippen LogP contribution >= 0.6 is 0 Å². The number of hydrogen-bond donors (Lipinski definition) is 1. The molecule has 1 N–H and O–H groups in total. The van der Waals surface area contributed by atoms with E-state index >= 15 is 0 Å². The van der Waals surface area contributed by atoms with Gasteiger partial charge in [0.05, 0.1) is 5.69 Å². The maximum absolute atomic E-state index is 4.19. The number of nitrogens with one attached hydrogen (secondary N) is 1. The molecule has 1 rings (SSSR count). The summed E-state index contributed by atoms with van der Waals surface area (Å²) in [4.78, 5) is 0. The zero-order chi connectivity index (χ0) is 10.8. The average molecular weight is 196 g/mol. The second-order valence-corrected chi connectivity index (χ2v) is 3.35. The summed E-state index contributed by atoms with van der Waals surface area (Å²) in [6.45, 7) is 8.28. The maximum atomic E-state index is 4.19. The van der Waals surface area contributed by atoms with Crippen molar-refractivity contribution in [2.45, 2.75) is 59.8 Å². The van der Waals surface area contributed by atoms with Gasteiger partial charge in [0.2, 0.25) is 0 Å². The molecule has 0 spiro atoms. The number of unbranched alkanes of at least 4 members (excludes halogenated alkanes) is 3. The van der Waals surface area contributed by atoms with E-state index in [-0.39, 0.29) is 0 Å². The minimum absolute atomic E-state index is 1.13. The van der Waals surface area contributed by atoms with Crippen LogP contribution in [-0.4, -0.2) is 10.2 Å². The third-order valence-electron chi connectivity index (χ3n) is 2.05. The molecule has 2 heteroatoms. The van der Waals surface area contributed by atoms with Crippen LogP contribution in [0.2, 0.25) is 0 Å². The van der Waals surface area contributed by atoms with Crippen LogP contribution in [0.4, 0.5) is 0 Å². The van der Waals surface area contributed by atoms with Gasteiger partial charge in [-0.05, 0) is 25.8 Å². The van der Waals surface area contributed by atoms with E-state index in [1.54, 1.807) is 0 Å². The lowest BCUT2D eigenvalue weighted by atomic mass is 10.1. The van der Waals surface area contributed by atoms with Gasteiger partial charge < -0.3 is 0 Å². The molecule has 1 aromatic heterocycles. The number of aromatic nitrogens is 2. The van der Waals surface area contributed by atoms with Gasteiger partial charge in [0.1, 0.15) is 0 Å². The molecule has 0 aliphatic heterocycles. The highest BCUT2D eigenvalue weighted by Gasteiger charge is 1.96. The van der Waals surface area contributed by atoms with E-state index in [1.165, 1.54) is 37.1 Å². The van der Waals surface area contributed by atoms with Crippen LogP contribution < -0.4 is 0 Å². The molecule has 1 heterocycles. The Hall–Kier alpha value is -0.790. The van der Waals surface area contributed by atoms with E-state index in [0.29, 0.717) is 0 Å². The summed E-state index contributed by atoms with van der Waals surface area (Å²) in [5.74, 6) is 0. The monoisotopic (exact) mass is 196 g/mol. The highest BCUT2D eigenvalue weighted by atomic mass is 15.1. The van der Waals surface area contributed by atoms with Gasteiger partial charge in [-0.25, -0.2) is 0 Å². The summed E-state index contributed by atoms with van der Waals surface area (Å²) in [5, 5.41) is 7.15. The molecule has 14 heavy (non-hydrogen) atoms. The number of rotatable bonds is 5. The molecule has 1 aromatic rings. The number of aryl methyl sites for hydroxylation is 2. The first kappa shape index (κ1) is 13.2. The van der Waals surface area contributed by atoms with Crippen molar-refractivity contribution in [1.82, 2.24) is 10.2 Å². The normalized spacial score (nSPS) is 9.43. The summed E-state index contributed by atoms with van der Waals surface area (Å²) >= 11 is 0. The van der Waals surface area contributed by atoms with Crippen LogP contribution in [0.25, 0.3) is 0 Å². The lowest BCUT2D eigenvalue weighted by Gasteiger charge is -1.95. The molecule has 0 radical (unpaired) electrons. The Bertz CT molecular complexity index is 216. The van der Waals surface area contributed by atoms with Crippen LogP contribution in [-0.2, 0) is 6.42 Å². The Morgan fingerprint density at radius 1 is 1.21 bits per heavy atom. The molecule has 0 amide bonds. The third kappa shape index (κ3) is 5.79. The Morgan fingerprint density at radius 2 is 1.93 bits per heavy atom. The lowest BCUT2D eigenvalue weighted by Crippen LogP contribution is -1.85. The lowest BCUT2D eigenvalue weighted by molar-refractivity contribution is 0.659. The van der Waals surface area contributed by atoms with Crippen molar-refractivity contribution < 1.29 is 0 Å². The van der Waals surface area contributed by atoms with E-state index in [0.717, 1.165) is 6.42 Å². The fraction of sp³-hybridized carbons (Fsp3) is 0.750. The predicted molar refractivity (Wildman–Crippen MR) is 62.5 cm³/mol. The molecule has 0 saturated heterocycles. The Labute approximate surface area is 88.1 Å². The summed E-state index contributed by atoms with van der Waals surface area (Å²) in [6.07, 6.45) is 6.40. The molecule has 0 bridgehead atoms. The van der Waals surface area contributed by atoms with E-state index in [2.05, 4.69) is 23.2 Å². The Morgan fingerprint density at radius 3 is 2.43 bits per heavy atom. The van der Waals surface area contributed by atoms with E-state index in [1.807, 2.05) is 20.8 Å². The van der Waals surface area contributed by atoms with Crippen LogP contribution in [0.15, 0.2) is 6.07 Å². The minimum Gasteiger partial charge on any atom is -0.283 e. The average Bonchev–Trinajstić information content (AvgIpc) is 2.62. The Kier molecular flexibility index (Phi) is 8.30. The molecular formula is C12H24N2. The SMILES string of the molecule is CC.CCCCCCc1cc(C)[nH]n1. The second-order valence-electron chi connectivity index (χ2n) is 3.35. The maximum Gasteiger partial charge on any atom is 0.0624 e. The zero-order valence-corrected chi connectivity index (χ0v) is 10.1. The van der Waals surface area contributed by atoms with Crippen molar-refractivity contribution in [2.24, 2.45) is 0 Å². The van der Waals surface area contributed by atoms with Crippen molar-refractivity contribution >= 4 is 0 Å². The van der Waals surface area contributed by atoms with Gasteiger partial charge >= 0.3 is 0 Å². The summed E-state index contributed by atoms with van der Waals surface area (Å²) < 4.78 is 0. The predicted octanol–water partition coefficient (Wildman–Crippen LogP) is 3.87. The van der Waals surface area contributed by atoms with Gasteiger partial charge in [-0.2, -0.15) is 5.10 Å². The van der Waals surface area contributed by atoms with Gasteiger partial charge in [-0.3, -0.25) is 5.10 Å². The smallest absolute Gasteiger partial charge is 0.0624 e. The number of H-pyrrole nitrogens is 1. The van der Waals surface area contributed by atoms with E-state index < -0.39 is 0 Å². The number of hydrogen-bond acceptors (Lipinski definition) is 1. The van der Waals surface area contributed by atoms with E-state index in [9.17, 15) is 0 Å². The number of aromatic amines is 1. The van der Waals surface area contributed by atoms with Crippen molar-refractivity contribution in [2.75, 3.05) is 0 Å². The first-order valence-electron chi connectivity index (χ1n) is 5.84. The standard InChI is InChI=1S/C10H18N2.C2H6/c1-3-4-5-6-7-10-8-9(2)11-12-10;1-2/h8H,3-7H2,1-2H3,(H,11,12);1-2H3. The molecule has 0 unspecified atom stereocenters. The topological polar surface area (TPSA) is 28.7 Å². The Balaban J connectivity index is 0.000000791. The molecule has 2 nitrogen and oxygen atoms in total. The van der Waals surface area contributed by atoms with Gasteiger partial charge in [0.15, 0.2) is 0 Å². The molecule has 0 aliphatic carbocycles. The van der Waals surface area contributed by atoms with Gasteiger partial charge in [-0.1, -0.05) is 40.0 Å². The summed E-state index contributed by atoms with van der Waals surface area (Å²) in [6, 6.07) is 2.13. The molecular weight excluding hydrogens is 172 g/mol. The van der Waals surface area contributed by atoms with Crippen LogP contribution in [0, 0.1) is 6.92 Å². The second kappa shape index (κ2) is 8.79. The molecule has 0 aromatic carbocycles. The summed E-state index contributed by atoms with van der Waals surface area (Å²) in [5.41, 5.74) is 2.38. The van der Waals surface area contributed by atoms with Crippen LogP contribution in [0.5, 0.6) is 0 Å². The zero-order valence-electron chi connectivity index (χ0n) is 10.1. The quantitative estimate of drug-likeness (QED) is 0.712. The number of nitrogens with zero attached hydrogens (tertiary/aromatic N) is 1. The highest BCUT2D eigenvalue weighted by Crippen LogP contribution is 2.06. The van der Waals surface area contributed by atoms with Gasteiger partial charge in [0, 0.05) is 5.69 Å². The van der Waals surface area contributed by atoms with Crippen LogP contribution in [0.3, 0.4) is 0 Å². The summed E-state index contributed by atoms with van der Waals surface area (Å²) in [7, 11) is 0.